The molecule has 0 amide bonds. The van der Waals surface area contributed by atoms with Crippen molar-refractivity contribution in [1.29, 1.82) is 0 Å². The molecule has 1 aromatic carbocycles. The second-order valence-corrected chi connectivity index (χ2v) is 2.82. The van der Waals surface area contributed by atoms with Gasteiger partial charge in [0.15, 0.2) is 0 Å². The van der Waals surface area contributed by atoms with E-state index < -0.39 is 19.3 Å². The minimum absolute atomic E-state index is 0.151. The lowest BCUT2D eigenvalue weighted by Crippen LogP contribution is -2.00. The maximum atomic E-state index is 7.41. The Hall–Kier alpha value is -1.24. The van der Waals surface area contributed by atoms with E-state index in [1.165, 1.54) is 0 Å². The van der Waals surface area contributed by atoms with Crippen LogP contribution in [0.2, 0.25) is 0 Å². The minimum atomic E-state index is -2.43. The highest BCUT2D eigenvalue weighted by Crippen LogP contribution is 2.36. The standard InChI is InChI=1S/C11H12O/c1-8(2)10-7-12-11-6-4-3-5-9(10)11/h3-6,10H,1,7H2,2H3/i1D2,2D3. The molecular weight excluding hydrogens is 148 g/mol. The highest BCUT2D eigenvalue weighted by Gasteiger charge is 2.23. The fourth-order valence-electron chi connectivity index (χ4n) is 1.40. The van der Waals surface area contributed by atoms with Gasteiger partial charge in [-0.2, -0.15) is 0 Å². The van der Waals surface area contributed by atoms with Crippen LogP contribution in [0.5, 0.6) is 5.75 Å². The number of fused-ring (bicyclic) bond motifs is 1. The quantitative estimate of drug-likeness (QED) is 0.581. The molecule has 1 aromatic rings. The summed E-state index contributed by atoms with van der Waals surface area (Å²) in [7, 11) is 0. The number of hydrogen-bond donors (Lipinski definition) is 0. The molecule has 1 nitrogen and oxygen atoms in total. The zero-order chi connectivity index (χ0) is 12.6. The van der Waals surface area contributed by atoms with E-state index in [9.17, 15) is 0 Å². The van der Waals surface area contributed by atoms with E-state index >= 15 is 0 Å². The average Bonchev–Trinajstić information content (AvgIpc) is 2.60. The molecule has 12 heavy (non-hydrogen) atoms. The first-order valence-corrected chi connectivity index (χ1v) is 3.81. The highest BCUT2D eigenvalue weighted by molar-refractivity contribution is 5.43. The van der Waals surface area contributed by atoms with E-state index in [4.69, 9.17) is 11.6 Å². The molecule has 1 atom stereocenters. The molecule has 0 saturated carbocycles. The molecule has 0 saturated heterocycles. The molecule has 0 N–H and O–H groups in total. The van der Waals surface area contributed by atoms with Crippen molar-refractivity contribution in [3.63, 3.8) is 0 Å². The van der Waals surface area contributed by atoms with Crippen molar-refractivity contribution in [2.24, 2.45) is 0 Å². The molecule has 0 fully saturated rings. The maximum absolute atomic E-state index is 7.41. The molecule has 0 aromatic heterocycles. The highest BCUT2D eigenvalue weighted by atomic mass is 16.5. The molecule has 0 radical (unpaired) electrons. The van der Waals surface area contributed by atoms with Crippen LogP contribution in [-0.4, -0.2) is 6.61 Å². The van der Waals surface area contributed by atoms with E-state index in [0.717, 1.165) is 5.56 Å². The molecule has 1 aliphatic heterocycles. The SMILES string of the molecule is [2H]C([2H])=C(C1COc2ccccc21)C([2H])([2H])[2H]. The summed E-state index contributed by atoms with van der Waals surface area (Å²) < 4.78 is 42.3. The molecule has 1 heteroatoms. The number of benzene rings is 1. The lowest BCUT2D eigenvalue weighted by atomic mass is 9.95. The first kappa shape index (κ1) is 3.65. The van der Waals surface area contributed by atoms with Crippen LogP contribution in [0, 0.1) is 0 Å². The van der Waals surface area contributed by atoms with E-state index in [1.807, 2.05) is 6.07 Å². The first-order chi connectivity index (χ1) is 7.91. The number of ether oxygens (including phenoxy) is 1. The smallest absolute Gasteiger partial charge is 0.123 e. The Labute approximate surface area is 79.7 Å². The summed E-state index contributed by atoms with van der Waals surface area (Å²) in [6, 6.07) is 7.15. The normalized spacial score (nSPS) is 26.7. The Balaban J connectivity index is 2.47. The molecule has 1 heterocycles. The van der Waals surface area contributed by atoms with Gasteiger partial charge >= 0.3 is 0 Å². The lowest BCUT2D eigenvalue weighted by Gasteiger charge is -2.06. The van der Waals surface area contributed by atoms with Gasteiger partial charge in [0.05, 0.1) is 9.35 Å². The summed E-state index contributed by atoms with van der Waals surface area (Å²) in [5, 5.41) is 0. The minimum Gasteiger partial charge on any atom is -0.492 e. The van der Waals surface area contributed by atoms with Gasteiger partial charge in [0, 0.05) is 15.6 Å². The largest absolute Gasteiger partial charge is 0.492 e. The molecule has 1 aliphatic rings. The van der Waals surface area contributed by atoms with Gasteiger partial charge in [-0.3, -0.25) is 0 Å². The van der Waals surface area contributed by atoms with Crippen LogP contribution in [-0.2, 0) is 0 Å². The van der Waals surface area contributed by atoms with Crippen LogP contribution < -0.4 is 4.74 Å². The summed E-state index contributed by atoms with van der Waals surface area (Å²) >= 11 is 0. The fourth-order valence-corrected chi connectivity index (χ4v) is 1.40. The second kappa shape index (κ2) is 2.67. The summed E-state index contributed by atoms with van der Waals surface area (Å²) in [6.45, 7) is -2.88. The monoisotopic (exact) mass is 165 g/mol. The molecule has 0 bridgehead atoms. The summed E-state index contributed by atoms with van der Waals surface area (Å²) in [5.41, 5.74) is 0.595. The molecule has 62 valence electrons. The third-order valence-electron chi connectivity index (χ3n) is 2.05. The van der Waals surface area contributed by atoms with Gasteiger partial charge in [0.2, 0.25) is 0 Å². The van der Waals surface area contributed by atoms with Crippen LogP contribution in [0.1, 0.15) is 25.2 Å². The number of hydrogen-bond acceptors (Lipinski definition) is 1. The Morgan fingerprint density at radius 3 is 3.50 bits per heavy atom. The van der Waals surface area contributed by atoms with Crippen molar-refractivity contribution < 1.29 is 11.6 Å². The van der Waals surface area contributed by atoms with Crippen molar-refractivity contribution in [2.75, 3.05) is 6.61 Å². The third kappa shape index (κ3) is 1.02. The molecule has 0 aliphatic carbocycles. The van der Waals surface area contributed by atoms with Gasteiger partial charge in [0.1, 0.15) is 5.75 Å². The van der Waals surface area contributed by atoms with Crippen molar-refractivity contribution in [1.82, 2.24) is 0 Å². The summed E-state index contributed by atoms with van der Waals surface area (Å²) in [5.74, 6) is 0.129. The van der Waals surface area contributed by atoms with E-state index in [-0.39, 0.29) is 12.2 Å². The van der Waals surface area contributed by atoms with Gasteiger partial charge in [-0.1, -0.05) is 30.3 Å². The summed E-state index contributed by atoms with van der Waals surface area (Å²) in [4.78, 5) is 0. The lowest BCUT2D eigenvalue weighted by molar-refractivity contribution is 0.342. The predicted octanol–water partition coefficient (Wildman–Crippen LogP) is 2.74. The Kier molecular flexibility index (Phi) is 0.811. The van der Waals surface area contributed by atoms with Crippen molar-refractivity contribution >= 4 is 0 Å². The van der Waals surface area contributed by atoms with Crippen LogP contribution in [0.4, 0.5) is 0 Å². The maximum Gasteiger partial charge on any atom is 0.123 e. The van der Waals surface area contributed by atoms with E-state index in [2.05, 4.69) is 0 Å². The van der Waals surface area contributed by atoms with E-state index in [1.54, 1.807) is 18.2 Å². The predicted molar refractivity (Wildman–Crippen MR) is 49.5 cm³/mol. The Morgan fingerprint density at radius 2 is 2.67 bits per heavy atom. The topological polar surface area (TPSA) is 9.23 Å². The van der Waals surface area contributed by atoms with Crippen molar-refractivity contribution in [3.05, 3.63) is 41.9 Å². The zero-order valence-corrected chi connectivity index (χ0v) is 6.50. The van der Waals surface area contributed by atoms with Gasteiger partial charge < -0.3 is 4.74 Å². The second-order valence-electron chi connectivity index (χ2n) is 2.82. The van der Waals surface area contributed by atoms with Gasteiger partial charge in [-0.15, -0.1) is 0 Å². The molecular formula is C11H12O. The molecule has 2 rings (SSSR count). The van der Waals surface area contributed by atoms with Crippen molar-refractivity contribution in [3.8, 4) is 5.75 Å². The number of para-hydroxylation sites is 1. The van der Waals surface area contributed by atoms with E-state index in [0.29, 0.717) is 5.75 Å². The number of rotatable bonds is 1. The third-order valence-corrected chi connectivity index (χ3v) is 2.05. The zero-order valence-electron chi connectivity index (χ0n) is 11.5. The van der Waals surface area contributed by atoms with Crippen LogP contribution >= 0.6 is 0 Å². The van der Waals surface area contributed by atoms with Crippen LogP contribution in [0.3, 0.4) is 0 Å². The van der Waals surface area contributed by atoms with Crippen LogP contribution in [0.15, 0.2) is 36.4 Å². The molecule has 1 unspecified atom stereocenters. The van der Waals surface area contributed by atoms with Gasteiger partial charge in [-0.05, 0) is 12.9 Å². The molecule has 0 spiro atoms. The Bertz CT molecular complexity index is 459. The summed E-state index contributed by atoms with van der Waals surface area (Å²) in [6.07, 6.45) is 0. The Morgan fingerprint density at radius 1 is 1.75 bits per heavy atom. The fraction of sp³-hybridized carbons (Fsp3) is 0.273. The first-order valence-electron chi connectivity index (χ1n) is 6.31. The van der Waals surface area contributed by atoms with Crippen molar-refractivity contribution in [2.45, 2.75) is 12.8 Å². The average molecular weight is 165 g/mol. The van der Waals surface area contributed by atoms with Gasteiger partial charge in [0.25, 0.3) is 0 Å². The van der Waals surface area contributed by atoms with Crippen LogP contribution in [0.25, 0.3) is 0 Å². The van der Waals surface area contributed by atoms with Gasteiger partial charge in [-0.25, -0.2) is 0 Å².